The van der Waals surface area contributed by atoms with Gasteiger partial charge in [0.15, 0.2) is 0 Å². The summed E-state index contributed by atoms with van der Waals surface area (Å²) >= 11 is 0. The van der Waals surface area contributed by atoms with Crippen molar-refractivity contribution in [3.8, 4) is 33.4 Å². The number of hydrogen-bond acceptors (Lipinski definition) is 0. The third-order valence-corrected chi connectivity index (χ3v) is 11.6. The van der Waals surface area contributed by atoms with Crippen LogP contribution >= 0.6 is 0 Å². The van der Waals surface area contributed by atoms with Crippen molar-refractivity contribution in [2.24, 2.45) is 0 Å². The van der Waals surface area contributed by atoms with E-state index in [-0.39, 0.29) is 10.8 Å². The zero-order chi connectivity index (χ0) is 35.5. The standard InChI is InChI=1S/C52H42/c1-51(2,3)35-20-12-19-33(27-35)46-44-29-34(38-22-11-10-21-37(38)31-15-8-7-9-16-31)28-42-39-26-25-36(52(4,5)6)30-43(39)50(47(42)44)49-41-24-14-18-32-17-13-23-40(45(32)41)48(46)49/h7-30H,1-6H3. The van der Waals surface area contributed by atoms with Gasteiger partial charge in [-0.2, -0.15) is 0 Å². The Hall–Kier alpha value is -5.72. The Labute approximate surface area is 306 Å². The van der Waals surface area contributed by atoms with Crippen molar-refractivity contribution in [1.29, 1.82) is 0 Å². The first-order valence-corrected chi connectivity index (χ1v) is 18.7. The Kier molecular flexibility index (Phi) is 6.50. The lowest BCUT2D eigenvalue weighted by atomic mass is 9.83. The molecule has 0 aromatic heterocycles. The van der Waals surface area contributed by atoms with Crippen LogP contribution in [0.4, 0.5) is 0 Å². The second-order valence-electron chi connectivity index (χ2n) is 16.9. The molecule has 10 rings (SSSR count). The zero-order valence-electron chi connectivity index (χ0n) is 30.9. The van der Waals surface area contributed by atoms with Crippen molar-refractivity contribution in [2.75, 3.05) is 0 Å². The van der Waals surface area contributed by atoms with Gasteiger partial charge >= 0.3 is 0 Å². The molecule has 0 radical (unpaired) electrons. The SMILES string of the molecule is CC(C)(C)c1cccc(-c2c3cc(-c4ccccc4-c4ccccc4)cc4c5ccc(C(C)(C)C)cc5c(c34)c3c4cccc5cccc(c23)c54)c1. The van der Waals surface area contributed by atoms with Crippen LogP contribution in [0.5, 0.6) is 0 Å². The molecule has 10 aromatic carbocycles. The lowest BCUT2D eigenvalue weighted by molar-refractivity contribution is 0.590. The summed E-state index contributed by atoms with van der Waals surface area (Å²) in [5, 5.41) is 16.2. The molecule has 0 aliphatic rings. The highest BCUT2D eigenvalue weighted by atomic mass is 14.3. The normalized spacial score (nSPS) is 12.8. The van der Waals surface area contributed by atoms with E-state index in [4.69, 9.17) is 0 Å². The first-order chi connectivity index (χ1) is 25.1. The van der Waals surface area contributed by atoms with Crippen molar-refractivity contribution < 1.29 is 0 Å². The van der Waals surface area contributed by atoms with Crippen LogP contribution in [0.15, 0.2) is 146 Å². The van der Waals surface area contributed by atoms with E-state index in [9.17, 15) is 0 Å². The van der Waals surface area contributed by atoms with Gasteiger partial charge < -0.3 is 0 Å². The fraction of sp³-hybridized carbons (Fsp3) is 0.154. The predicted octanol–water partition coefficient (Wildman–Crippen LogP) is 15.1. The van der Waals surface area contributed by atoms with E-state index in [1.165, 1.54) is 109 Å². The second kappa shape index (κ2) is 10.9. The quantitative estimate of drug-likeness (QED) is 0.176. The van der Waals surface area contributed by atoms with Crippen LogP contribution in [0.2, 0.25) is 0 Å². The monoisotopic (exact) mass is 666 g/mol. The first-order valence-electron chi connectivity index (χ1n) is 18.7. The summed E-state index contributed by atoms with van der Waals surface area (Å²) in [6.45, 7) is 14.0. The lowest BCUT2D eigenvalue weighted by Crippen LogP contribution is -2.10. The van der Waals surface area contributed by atoms with E-state index < -0.39 is 0 Å². The molecule has 0 fully saturated rings. The Morgan fingerprint density at radius 1 is 0.308 bits per heavy atom. The number of benzene rings is 8. The molecule has 0 saturated carbocycles. The predicted molar refractivity (Wildman–Crippen MR) is 228 cm³/mol. The third kappa shape index (κ3) is 4.47. The second-order valence-corrected chi connectivity index (χ2v) is 16.9. The highest BCUT2D eigenvalue weighted by Gasteiger charge is 2.27. The van der Waals surface area contributed by atoms with Crippen LogP contribution in [0.1, 0.15) is 52.7 Å². The summed E-state index contributed by atoms with van der Waals surface area (Å²) in [6, 6.07) is 55.2. The number of hydrogen-bond donors (Lipinski definition) is 0. The summed E-state index contributed by atoms with van der Waals surface area (Å²) in [5.74, 6) is 0. The van der Waals surface area contributed by atoms with Crippen molar-refractivity contribution in [2.45, 2.75) is 52.4 Å². The minimum absolute atomic E-state index is 0.0242. The van der Waals surface area contributed by atoms with Crippen molar-refractivity contribution in [3.63, 3.8) is 0 Å². The van der Waals surface area contributed by atoms with Gasteiger partial charge in [0, 0.05) is 0 Å². The molecular formula is C52H42. The maximum Gasteiger partial charge on any atom is -0.000697 e. The molecule has 0 heteroatoms. The van der Waals surface area contributed by atoms with E-state index >= 15 is 0 Å². The van der Waals surface area contributed by atoms with Gasteiger partial charge in [0.05, 0.1) is 0 Å². The molecule has 0 bridgehead atoms. The Balaban J connectivity index is 1.48. The summed E-state index contributed by atoms with van der Waals surface area (Å²) in [7, 11) is 0. The molecule has 0 unspecified atom stereocenters. The molecule has 0 atom stereocenters. The molecule has 10 aromatic rings. The summed E-state index contributed by atoms with van der Waals surface area (Å²) in [5.41, 5.74) is 10.4. The molecule has 0 N–H and O–H groups in total. The first kappa shape index (κ1) is 31.1. The fourth-order valence-electron chi connectivity index (χ4n) is 9.05. The van der Waals surface area contributed by atoms with E-state index in [2.05, 4.69) is 187 Å². The average molecular weight is 667 g/mol. The molecule has 0 spiro atoms. The van der Waals surface area contributed by atoms with Crippen LogP contribution in [0, 0.1) is 0 Å². The molecule has 52 heavy (non-hydrogen) atoms. The van der Waals surface area contributed by atoms with Gasteiger partial charge in [-0.15, -0.1) is 0 Å². The van der Waals surface area contributed by atoms with E-state index in [0.717, 1.165) is 0 Å². The Morgan fingerprint density at radius 3 is 1.58 bits per heavy atom. The topological polar surface area (TPSA) is 0 Å². The average Bonchev–Trinajstić information content (AvgIpc) is 3.65. The van der Waals surface area contributed by atoms with Gasteiger partial charge in [-0.3, -0.25) is 0 Å². The number of rotatable bonds is 3. The minimum Gasteiger partial charge on any atom is -0.0622 e. The van der Waals surface area contributed by atoms with Gasteiger partial charge in [-0.1, -0.05) is 169 Å². The van der Waals surface area contributed by atoms with Crippen LogP contribution in [0.25, 0.3) is 98.0 Å². The fourth-order valence-corrected chi connectivity index (χ4v) is 9.05. The third-order valence-electron chi connectivity index (χ3n) is 11.6. The van der Waals surface area contributed by atoms with Crippen molar-refractivity contribution in [3.05, 3.63) is 157 Å². The minimum atomic E-state index is 0.0242. The lowest BCUT2D eigenvalue weighted by Gasteiger charge is -2.21. The van der Waals surface area contributed by atoms with Crippen LogP contribution in [-0.4, -0.2) is 0 Å². The van der Waals surface area contributed by atoms with Gasteiger partial charge in [-0.25, -0.2) is 0 Å². The summed E-state index contributed by atoms with van der Waals surface area (Å²) < 4.78 is 0. The van der Waals surface area contributed by atoms with E-state index in [1.54, 1.807) is 0 Å². The van der Waals surface area contributed by atoms with Gasteiger partial charge in [0.2, 0.25) is 0 Å². The summed E-state index contributed by atoms with van der Waals surface area (Å²) in [6.07, 6.45) is 0. The maximum atomic E-state index is 2.52. The molecule has 0 aliphatic carbocycles. The number of fused-ring (bicyclic) bond motifs is 7. The summed E-state index contributed by atoms with van der Waals surface area (Å²) in [4.78, 5) is 0. The Morgan fingerprint density at radius 2 is 0.865 bits per heavy atom. The molecule has 0 heterocycles. The molecule has 250 valence electrons. The molecule has 0 nitrogen and oxygen atoms in total. The van der Waals surface area contributed by atoms with E-state index in [0.29, 0.717) is 0 Å². The molecule has 0 amide bonds. The van der Waals surface area contributed by atoms with Crippen LogP contribution in [-0.2, 0) is 10.8 Å². The zero-order valence-corrected chi connectivity index (χ0v) is 30.9. The van der Waals surface area contributed by atoms with Crippen molar-refractivity contribution in [1.82, 2.24) is 0 Å². The molecule has 0 saturated heterocycles. The largest absolute Gasteiger partial charge is 0.0622 e. The van der Waals surface area contributed by atoms with E-state index in [1.807, 2.05) is 0 Å². The Bertz CT molecular complexity index is 2990. The molecule has 0 aliphatic heterocycles. The highest BCUT2D eigenvalue weighted by Crippen LogP contribution is 2.54. The van der Waals surface area contributed by atoms with Gasteiger partial charge in [0.25, 0.3) is 0 Å². The smallest absolute Gasteiger partial charge is 0.000697 e. The highest BCUT2D eigenvalue weighted by molar-refractivity contribution is 6.48. The molecular weight excluding hydrogens is 625 g/mol. The van der Waals surface area contributed by atoms with Crippen LogP contribution < -0.4 is 0 Å². The van der Waals surface area contributed by atoms with Gasteiger partial charge in [0.1, 0.15) is 0 Å². The van der Waals surface area contributed by atoms with Gasteiger partial charge in [-0.05, 0) is 138 Å². The maximum absolute atomic E-state index is 2.52. The van der Waals surface area contributed by atoms with Crippen molar-refractivity contribution >= 4 is 64.6 Å². The van der Waals surface area contributed by atoms with Crippen LogP contribution in [0.3, 0.4) is 0 Å².